The summed E-state index contributed by atoms with van der Waals surface area (Å²) >= 11 is 0. The summed E-state index contributed by atoms with van der Waals surface area (Å²) in [6.45, 7) is 5.46. The van der Waals surface area contributed by atoms with Crippen molar-refractivity contribution in [1.29, 1.82) is 0 Å². The molecule has 2 fully saturated rings. The van der Waals surface area contributed by atoms with Crippen LogP contribution >= 0.6 is 0 Å². The van der Waals surface area contributed by atoms with Gasteiger partial charge in [-0.25, -0.2) is 8.42 Å². The fourth-order valence-electron chi connectivity index (χ4n) is 5.43. The maximum atomic E-state index is 13.0. The van der Waals surface area contributed by atoms with Crippen LogP contribution in [0.1, 0.15) is 61.4 Å². The van der Waals surface area contributed by atoms with Crippen molar-refractivity contribution < 1.29 is 17.9 Å². The Kier molecular flexibility index (Phi) is 9.04. The topological polar surface area (TPSA) is 79.0 Å². The summed E-state index contributed by atoms with van der Waals surface area (Å²) in [5.41, 5.74) is 1.61. The Balaban J connectivity index is 1.33. The number of amides is 1. The van der Waals surface area contributed by atoms with Gasteiger partial charge in [0.2, 0.25) is 10.0 Å². The maximum absolute atomic E-state index is 13.0. The molecule has 1 saturated carbocycles. The van der Waals surface area contributed by atoms with E-state index in [-0.39, 0.29) is 17.2 Å². The molecule has 8 heteroatoms. The summed E-state index contributed by atoms with van der Waals surface area (Å²) in [4.78, 5) is 15.4. The quantitative estimate of drug-likeness (QED) is 0.519. The van der Waals surface area contributed by atoms with Crippen LogP contribution in [0.4, 0.5) is 0 Å². The van der Waals surface area contributed by atoms with E-state index >= 15 is 0 Å². The summed E-state index contributed by atoms with van der Waals surface area (Å²) in [5, 5.41) is 3.19. The standard InChI is InChI=1S/C28H39N3O4S/c1-2-21-36(33,34)31-19-17-30(18-20-31)28(15-7-4-8-16-28)23-29-27(32)25-11-13-26(14-12-25)35-22-24-9-5-3-6-10-24/h3,5-6,9-14H,2,4,7-8,15-23H2,1H3,(H,29,32). The third-order valence-corrected chi connectivity index (χ3v) is 9.57. The van der Waals surface area contributed by atoms with E-state index in [0.717, 1.165) is 37.0 Å². The molecule has 1 aliphatic carbocycles. The molecule has 1 heterocycles. The van der Waals surface area contributed by atoms with Crippen LogP contribution in [-0.4, -0.2) is 67.5 Å². The molecular weight excluding hydrogens is 474 g/mol. The van der Waals surface area contributed by atoms with Gasteiger partial charge in [0.05, 0.1) is 5.75 Å². The molecule has 1 saturated heterocycles. The molecule has 7 nitrogen and oxygen atoms in total. The first-order valence-electron chi connectivity index (χ1n) is 13.2. The Morgan fingerprint density at radius 2 is 1.61 bits per heavy atom. The van der Waals surface area contributed by atoms with Crippen molar-refractivity contribution in [2.75, 3.05) is 38.5 Å². The van der Waals surface area contributed by atoms with E-state index < -0.39 is 10.0 Å². The average Bonchev–Trinajstić information content (AvgIpc) is 2.92. The fourth-order valence-corrected chi connectivity index (χ4v) is 6.93. The molecule has 4 rings (SSSR count). The zero-order valence-electron chi connectivity index (χ0n) is 21.3. The molecule has 0 atom stereocenters. The molecule has 1 amide bonds. The second kappa shape index (κ2) is 12.2. The van der Waals surface area contributed by atoms with Crippen molar-refractivity contribution in [3.63, 3.8) is 0 Å². The number of benzene rings is 2. The first-order valence-corrected chi connectivity index (χ1v) is 14.8. The van der Waals surface area contributed by atoms with Crippen LogP contribution in [0.3, 0.4) is 0 Å². The molecular formula is C28H39N3O4S. The molecule has 2 aliphatic rings. The molecule has 2 aromatic carbocycles. The molecule has 0 aromatic heterocycles. The van der Waals surface area contributed by atoms with Crippen LogP contribution in [0.25, 0.3) is 0 Å². The molecule has 196 valence electrons. The lowest BCUT2D eigenvalue weighted by Crippen LogP contribution is -2.62. The molecule has 0 unspecified atom stereocenters. The summed E-state index contributed by atoms with van der Waals surface area (Å²) in [5.74, 6) is 0.860. The Labute approximate surface area is 215 Å². The number of nitrogens with zero attached hydrogens (tertiary/aromatic N) is 2. The third kappa shape index (κ3) is 6.66. The van der Waals surface area contributed by atoms with Crippen LogP contribution in [0.2, 0.25) is 0 Å². The number of carbonyl (C=O) groups excluding carboxylic acids is 1. The van der Waals surface area contributed by atoms with Crippen molar-refractivity contribution in [2.45, 2.75) is 57.6 Å². The van der Waals surface area contributed by atoms with Gasteiger partial charge in [-0.1, -0.05) is 56.5 Å². The van der Waals surface area contributed by atoms with Gasteiger partial charge in [-0.3, -0.25) is 9.69 Å². The minimum Gasteiger partial charge on any atom is -0.489 e. The van der Waals surface area contributed by atoms with Gasteiger partial charge in [0, 0.05) is 43.8 Å². The highest BCUT2D eigenvalue weighted by Gasteiger charge is 2.40. The average molecular weight is 514 g/mol. The van der Waals surface area contributed by atoms with Crippen molar-refractivity contribution in [2.24, 2.45) is 0 Å². The number of carbonyl (C=O) groups is 1. The largest absolute Gasteiger partial charge is 0.489 e. The van der Waals surface area contributed by atoms with E-state index in [1.54, 1.807) is 16.4 Å². The predicted octanol–water partition coefficient (Wildman–Crippen LogP) is 4.06. The van der Waals surface area contributed by atoms with E-state index in [2.05, 4.69) is 10.2 Å². The minimum atomic E-state index is -3.17. The minimum absolute atomic E-state index is 0.0845. The van der Waals surface area contributed by atoms with Crippen molar-refractivity contribution in [3.05, 3.63) is 65.7 Å². The van der Waals surface area contributed by atoms with Gasteiger partial charge < -0.3 is 10.1 Å². The lowest BCUT2D eigenvalue weighted by Gasteiger charge is -2.49. The smallest absolute Gasteiger partial charge is 0.251 e. The van der Waals surface area contributed by atoms with Crippen molar-refractivity contribution in [3.8, 4) is 5.75 Å². The Bertz CT molecular complexity index is 1080. The number of ether oxygens (including phenoxy) is 1. The van der Waals surface area contributed by atoms with Crippen LogP contribution in [0.15, 0.2) is 54.6 Å². The number of sulfonamides is 1. The Morgan fingerprint density at radius 3 is 2.25 bits per heavy atom. The second-order valence-corrected chi connectivity index (χ2v) is 12.1. The van der Waals surface area contributed by atoms with Gasteiger partial charge in [-0.05, 0) is 49.1 Å². The van der Waals surface area contributed by atoms with Gasteiger partial charge in [0.25, 0.3) is 5.91 Å². The normalized spacial score (nSPS) is 19.0. The third-order valence-electron chi connectivity index (χ3n) is 7.49. The number of rotatable bonds is 10. The number of hydrogen-bond acceptors (Lipinski definition) is 5. The van der Waals surface area contributed by atoms with Gasteiger partial charge in [0.15, 0.2) is 0 Å². The van der Waals surface area contributed by atoms with E-state index in [1.807, 2.05) is 49.4 Å². The highest BCUT2D eigenvalue weighted by Crippen LogP contribution is 2.34. The van der Waals surface area contributed by atoms with Gasteiger partial charge >= 0.3 is 0 Å². The van der Waals surface area contributed by atoms with Gasteiger partial charge in [0.1, 0.15) is 12.4 Å². The summed E-state index contributed by atoms with van der Waals surface area (Å²) < 4.78 is 32.5. The molecule has 2 aromatic rings. The predicted molar refractivity (Wildman–Crippen MR) is 143 cm³/mol. The summed E-state index contributed by atoms with van der Waals surface area (Å²) in [6.07, 6.45) is 6.18. The van der Waals surface area contributed by atoms with Gasteiger partial charge in [-0.15, -0.1) is 0 Å². The van der Waals surface area contributed by atoms with Crippen molar-refractivity contribution in [1.82, 2.24) is 14.5 Å². The number of nitrogens with one attached hydrogen (secondary N) is 1. The Hall–Kier alpha value is -2.42. The first-order chi connectivity index (χ1) is 17.4. The van der Waals surface area contributed by atoms with Gasteiger partial charge in [-0.2, -0.15) is 4.31 Å². The number of hydrogen-bond donors (Lipinski definition) is 1. The van der Waals surface area contributed by atoms with Crippen LogP contribution in [0.5, 0.6) is 5.75 Å². The molecule has 0 bridgehead atoms. The zero-order chi connectivity index (χ0) is 25.4. The first kappa shape index (κ1) is 26.6. The lowest BCUT2D eigenvalue weighted by molar-refractivity contribution is 0.0240. The molecule has 36 heavy (non-hydrogen) atoms. The highest BCUT2D eigenvalue weighted by atomic mass is 32.2. The van der Waals surface area contributed by atoms with E-state index in [9.17, 15) is 13.2 Å². The molecule has 0 radical (unpaired) electrons. The lowest BCUT2D eigenvalue weighted by atomic mass is 9.79. The van der Waals surface area contributed by atoms with Crippen molar-refractivity contribution >= 4 is 15.9 Å². The monoisotopic (exact) mass is 513 g/mol. The van der Waals surface area contributed by atoms with Crippen LogP contribution < -0.4 is 10.1 Å². The molecule has 1 aliphatic heterocycles. The SMILES string of the molecule is CCCS(=O)(=O)N1CCN(C2(CNC(=O)c3ccc(OCc4ccccc4)cc3)CCCCC2)CC1. The summed E-state index contributed by atoms with van der Waals surface area (Å²) in [6, 6.07) is 17.3. The van der Waals surface area contributed by atoms with E-state index in [4.69, 9.17) is 4.74 Å². The maximum Gasteiger partial charge on any atom is 0.251 e. The molecule has 1 N–H and O–H groups in total. The second-order valence-electron chi connectivity index (χ2n) is 9.97. The fraction of sp³-hybridized carbons (Fsp3) is 0.536. The van der Waals surface area contributed by atoms with E-state index in [0.29, 0.717) is 51.3 Å². The summed E-state index contributed by atoms with van der Waals surface area (Å²) in [7, 11) is -3.17. The highest BCUT2D eigenvalue weighted by molar-refractivity contribution is 7.89. The number of piperazine rings is 1. The van der Waals surface area contributed by atoms with Crippen LogP contribution in [0, 0.1) is 0 Å². The zero-order valence-corrected chi connectivity index (χ0v) is 22.1. The Morgan fingerprint density at radius 1 is 0.944 bits per heavy atom. The van der Waals surface area contributed by atoms with Crippen LogP contribution in [-0.2, 0) is 16.6 Å². The molecule has 0 spiro atoms. The van der Waals surface area contributed by atoms with E-state index in [1.165, 1.54) is 6.42 Å².